The highest BCUT2D eigenvalue weighted by molar-refractivity contribution is 6.72. The fraction of sp³-hybridized carbons (Fsp3) is 0.400. The van der Waals surface area contributed by atoms with Crippen molar-refractivity contribution < 1.29 is 0 Å². The highest BCUT2D eigenvalue weighted by atomic mass is 15.2. The molecule has 0 saturated heterocycles. The van der Waals surface area contributed by atoms with E-state index in [0.717, 1.165) is 13.7 Å². The van der Waals surface area contributed by atoms with Gasteiger partial charge in [-0.3, -0.25) is 0 Å². The summed E-state index contributed by atoms with van der Waals surface area (Å²) in [5.74, 6) is 0.344. The molecule has 0 bridgehead atoms. The van der Waals surface area contributed by atoms with Crippen LogP contribution in [-0.2, 0) is 17.3 Å². The predicted molar refractivity (Wildman–Crippen MR) is 226 cm³/mol. The number of fused-ring (bicyclic) bond motifs is 9. The summed E-state index contributed by atoms with van der Waals surface area (Å²) in [6, 6.07) is 24.1. The fourth-order valence-corrected chi connectivity index (χ4v) is 10.8. The average molecular weight is 682 g/mol. The highest BCUT2D eigenvalue weighted by Gasteiger charge is 2.43. The first-order valence-corrected chi connectivity index (χ1v) is 20.1. The van der Waals surface area contributed by atoms with Crippen LogP contribution < -0.4 is 15.8 Å². The molecule has 4 aromatic carbocycles. The van der Waals surface area contributed by atoms with Gasteiger partial charge in [-0.1, -0.05) is 141 Å². The molecule has 52 heavy (non-hydrogen) atoms. The second-order valence-corrected chi connectivity index (χ2v) is 19.4. The van der Waals surface area contributed by atoms with Crippen molar-refractivity contribution in [1.29, 1.82) is 0 Å². The Morgan fingerprint density at radius 1 is 0.654 bits per heavy atom. The lowest BCUT2D eigenvalue weighted by molar-refractivity contribution is 0.273. The lowest BCUT2D eigenvalue weighted by Gasteiger charge is -2.47. The van der Waals surface area contributed by atoms with Crippen LogP contribution in [0.4, 0.5) is 17.1 Å². The number of anilines is 3. The summed E-state index contributed by atoms with van der Waals surface area (Å²) in [6.45, 7) is 24.3. The smallest absolute Gasteiger partial charge is 0.198 e. The summed E-state index contributed by atoms with van der Waals surface area (Å²) in [7, 11) is 0.958. The van der Waals surface area contributed by atoms with Gasteiger partial charge in [-0.2, -0.15) is 0 Å². The molecule has 264 valence electrons. The van der Waals surface area contributed by atoms with Gasteiger partial charge in [0.05, 0.1) is 5.69 Å². The van der Waals surface area contributed by atoms with Crippen molar-refractivity contribution in [2.24, 2.45) is 10.8 Å². The number of rotatable bonds is 3. The van der Waals surface area contributed by atoms with Gasteiger partial charge in [0.2, 0.25) is 0 Å². The first-order chi connectivity index (χ1) is 24.6. The van der Waals surface area contributed by atoms with Crippen molar-refractivity contribution in [1.82, 2.24) is 0 Å². The van der Waals surface area contributed by atoms with Crippen LogP contribution in [0.5, 0.6) is 0 Å². The Morgan fingerprint density at radius 2 is 1.31 bits per heavy atom. The first-order valence-electron chi connectivity index (χ1n) is 20.1. The van der Waals surface area contributed by atoms with Crippen LogP contribution in [0.3, 0.4) is 0 Å². The maximum atomic E-state index is 2.76. The summed E-state index contributed by atoms with van der Waals surface area (Å²) in [5, 5.41) is 0. The van der Waals surface area contributed by atoms with E-state index in [1.807, 2.05) is 0 Å². The van der Waals surface area contributed by atoms with E-state index < -0.39 is 0 Å². The Morgan fingerprint density at radius 3 is 2.02 bits per heavy atom. The minimum Gasteiger partial charge on any atom is -0.311 e. The Balaban J connectivity index is 1.34. The zero-order chi connectivity index (χ0) is 36.5. The number of para-hydroxylation sites is 1. The van der Waals surface area contributed by atoms with Gasteiger partial charge in [0.25, 0.3) is 0 Å². The third kappa shape index (κ3) is 4.81. The zero-order valence-electron chi connectivity index (χ0n) is 33.4. The van der Waals surface area contributed by atoms with Gasteiger partial charge in [0.15, 0.2) is 7.28 Å². The van der Waals surface area contributed by atoms with Gasteiger partial charge in [-0.15, -0.1) is 0 Å². The summed E-state index contributed by atoms with van der Waals surface area (Å²) >= 11 is 0. The van der Waals surface area contributed by atoms with E-state index in [4.69, 9.17) is 0 Å². The third-order valence-electron chi connectivity index (χ3n) is 14.2. The van der Waals surface area contributed by atoms with E-state index in [1.165, 1.54) is 104 Å². The minimum absolute atomic E-state index is 0.118. The molecule has 0 N–H and O–H groups in total. The average Bonchev–Trinajstić information content (AvgIpc) is 3.48. The van der Waals surface area contributed by atoms with Crippen LogP contribution in [0.1, 0.15) is 140 Å². The van der Waals surface area contributed by atoms with Crippen molar-refractivity contribution >= 4 is 41.3 Å². The van der Waals surface area contributed by atoms with E-state index in [-0.39, 0.29) is 21.7 Å². The standard InChI is InChI=1S/C50H56BN/c1-11-15-38-39(48(5,6)23-22-47(38,3)4)21-20-32-27-36-34-17-13-12-16-31(34)26-37(36)46-44(32)51-42-19-14-18-33-30(2)35-28-40-41(29-43(35)52(46)45(33)42)50(9,10)25-24-49(40,7)8/h11-21,27-30,51H,22-26H2,1-10H3/b15-11-,21-20+. The van der Waals surface area contributed by atoms with Crippen molar-refractivity contribution in [3.05, 3.63) is 129 Å². The molecule has 0 amide bonds. The Kier molecular flexibility index (Phi) is 7.30. The van der Waals surface area contributed by atoms with E-state index in [0.29, 0.717) is 5.92 Å². The Hall–Kier alpha value is -4.04. The van der Waals surface area contributed by atoms with E-state index in [2.05, 4.69) is 159 Å². The Labute approximate surface area is 314 Å². The van der Waals surface area contributed by atoms with E-state index in [9.17, 15) is 0 Å². The van der Waals surface area contributed by atoms with Crippen molar-refractivity contribution in [2.75, 3.05) is 4.90 Å². The van der Waals surface area contributed by atoms with Crippen LogP contribution in [0.15, 0.2) is 90.0 Å². The quantitative estimate of drug-likeness (QED) is 0.168. The molecule has 2 heteroatoms. The molecule has 2 aliphatic heterocycles. The molecule has 0 aromatic heterocycles. The molecular formula is C50H56BN. The number of hydrogen-bond donors (Lipinski definition) is 0. The molecule has 0 fully saturated rings. The van der Waals surface area contributed by atoms with Gasteiger partial charge in [0, 0.05) is 23.7 Å². The molecule has 5 aliphatic rings. The third-order valence-corrected chi connectivity index (χ3v) is 14.2. The largest absolute Gasteiger partial charge is 0.311 e. The van der Waals surface area contributed by atoms with Gasteiger partial charge in [-0.25, -0.2) is 0 Å². The maximum absolute atomic E-state index is 2.76. The molecule has 0 radical (unpaired) electrons. The van der Waals surface area contributed by atoms with Crippen molar-refractivity contribution in [3.63, 3.8) is 0 Å². The molecule has 2 heterocycles. The summed E-state index contributed by atoms with van der Waals surface area (Å²) in [5.41, 5.74) is 24.0. The Bertz CT molecular complexity index is 2290. The molecule has 0 spiro atoms. The van der Waals surface area contributed by atoms with Gasteiger partial charge in [0.1, 0.15) is 0 Å². The predicted octanol–water partition coefficient (Wildman–Crippen LogP) is 12.0. The molecule has 3 aliphatic carbocycles. The van der Waals surface area contributed by atoms with Crippen LogP contribution in [0.25, 0.3) is 17.2 Å². The summed E-state index contributed by atoms with van der Waals surface area (Å²) in [4.78, 5) is 2.76. The van der Waals surface area contributed by atoms with Crippen molar-refractivity contribution in [2.45, 2.75) is 118 Å². The second-order valence-electron chi connectivity index (χ2n) is 19.4. The van der Waals surface area contributed by atoms with Gasteiger partial charge < -0.3 is 4.90 Å². The maximum Gasteiger partial charge on any atom is 0.198 e. The van der Waals surface area contributed by atoms with Gasteiger partial charge in [-0.05, 0) is 133 Å². The SMILES string of the molecule is C/C=C\C1=C(/C=C/c2cc3c(c4c2Bc2cccc5c2N4c2cc4c(cc2C5C)C(C)(C)CCC4(C)C)Cc2ccccc2-3)C(C)(C)CCC1(C)C. The lowest BCUT2D eigenvalue weighted by Crippen LogP contribution is -2.44. The van der Waals surface area contributed by atoms with Crippen LogP contribution in [-0.4, -0.2) is 7.28 Å². The minimum atomic E-state index is 0.118. The fourth-order valence-electron chi connectivity index (χ4n) is 10.8. The molecule has 1 atom stereocenters. The van der Waals surface area contributed by atoms with Crippen LogP contribution in [0.2, 0.25) is 0 Å². The number of nitrogens with zero attached hydrogens (tertiary/aromatic N) is 1. The van der Waals surface area contributed by atoms with Gasteiger partial charge >= 0.3 is 0 Å². The number of allylic oxidation sites excluding steroid dienone is 5. The highest BCUT2D eigenvalue weighted by Crippen LogP contribution is 2.57. The lowest BCUT2D eigenvalue weighted by atomic mass is 9.56. The topological polar surface area (TPSA) is 3.24 Å². The molecular weight excluding hydrogens is 625 g/mol. The molecule has 4 aromatic rings. The molecule has 1 unspecified atom stereocenters. The van der Waals surface area contributed by atoms with E-state index in [1.54, 1.807) is 11.1 Å². The second kappa shape index (κ2) is 11.2. The summed E-state index contributed by atoms with van der Waals surface area (Å²) in [6.07, 6.45) is 15.5. The van der Waals surface area contributed by atoms with Crippen LogP contribution in [0, 0.1) is 10.8 Å². The molecule has 0 saturated carbocycles. The van der Waals surface area contributed by atoms with E-state index >= 15 is 0 Å². The number of hydrogen-bond acceptors (Lipinski definition) is 1. The monoisotopic (exact) mass is 681 g/mol. The zero-order valence-corrected chi connectivity index (χ0v) is 33.4. The molecule has 9 rings (SSSR count). The van der Waals surface area contributed by atoms with Crippen molar-refractivity contribution in [3.8, 4) is 11.1 Å². The van der Waals surface area contributed by atoms with Crippen LogP contribution >= 0.6 is 0 Å². The normalized spacial score (nSPS) is 22.3. The number of benzene rings is 4. The molecule has 1 nitrogen and oxygen atoms in total. The first kappa shape index (κ1) is 33.8. The summed E-state index contributed by atoms with van der Waals surface area (Å²) < 4.78 is 0.